The van der Waals surface area contributed by atoms with Gasteiger partial charge in [0.25, 0.3) is 11.8 Å². The molecule has 0 fully saturated rings. The van der Waals surface area contributed by atoms with Crippen molar-refractivity contribution in [3.63, 3.8) is 0 Å². The molecule has 27 heavy (non-hydrogen) atoms. The van der Waals surface area contributed by atoms with Crippen molar-refractivity contribution >= 4 is 34.5 Å². The Bertz CT molecular complexity index is 915. The van der Waals surface area contributed by atoms with Gasteiger partial charge in [0.2, 0.25) is 0 Å². The van der Waals surface area contributed by atoms with Crippen molar-refractivity contribution in [3.05, 3.63) is 63.3 Å². The van der Waals surface area contributed by atoms with Crippen molar-refractivity contribution in [2.45, 2.75) is 19.4 Å². The van der Waals surface area contributed by atoms with E-state index in [4.69, 9.17) is 0 Å². The number of rotatable bonds is 8. The molecule has 2 aromatic heterocycles. The summed E-state index contributed by atoms with van der Waals surface area (Å²) >= 11 is 3.34. The summed E-state index contributed by atoms with van der Waals surface area (Å²) in [7, 11) is 0. The predicted molar refractivity (Wildman–Crippen MR) is 108 cm³/mol. The van der Waals surface area contributed by atoms with Gasteiger partial charge in [-0.05, 0) is 43.0 Å². The Morgan fingerprint density at radius 3 is 2.48 bits per heavy atom. The molecular weight excluding hydrogens is 378 g/mol. The van der Waals surface area contributed by atoms with Gasteiger partial charge < -0.3 is 5.32 Å². The van der Waals surface area contributed by atoms with Gasteiger partial charge in [-0.25, -0.2) is 4.98 Å². The minimum atomic E-state index is -0.174. The molecule has 0 bridgehead atoms. The molecule has 1 aromatic carbocycles. The Hall–Kier alpha value is -2.35. The molecular formula is C20H19N3O2S2. The van der Waals surface area contributed by atoms with Crippen molar-refractivity contribution in [3.8, 4) is 10.6 Å². The Kier molecular flexibility index (Phi) is 5.42. The number of amides is 2. The standard InChI is InChI=1S/C20H19N3O2S2/c24-19-16-5-1-2-6-17(16)20(25)23(19)9-4-3-8-21-11-15-13-27-18(22-15)14-7-10-26-12-14/h1-2,5-7,10,12-13,21H,3-4,8-9,11H2. The highest BCUT2D eigenvalue weighted by Gasteiger charge is 2.34. The van der Waals surface area contributed by atoms with Crippen LogP contribution >= 0.6 is 22.7 Å². The van der Waals surface area contributed by atoms with Crippen LogP contribution < -0.4 is 5.32 Å². The van der Waals surface area contributed by atoms with Gasteiger partial charge in [-0.15, -0.1) is 11.3 Å². The van der Waals surface area contributed by atoms with Gasteiger partial charge in [0.05, 0.1) is 16.8 Å². The predicted octanol–water partition coefficient (Wildman–Crippen LogP) is 4.04. The number of thiophene rings is 1. The molecule has 2 amide bonds. The Labute approximate surface area is 165 Å². The van der Waals surface area contributed by atoms with Crippen LogP contribution in [0.5, 0.6) is 0 Å². The number of hydrogen-bond acceptors (Lipinski definition) is 6. The molecule has 5 nitrogen and oxygen atoms in total. The number of hydrogen-bond donors (Lipinski definition) is 1. The first-order valence-electron chi connectivity index (χ1n) is 8.87. The summed E-state index contributed by atoms with van der Waals surface area (Å²) < 4.78 is 0. The molecule has 3 aromatic rings. The monoisotopic (exact) mass is 397 g/mol. The summed E-state index contributed by atoms with van der Waals surface area (Å²) in [5.74, 6) is -0.348. The van der Waals surface area contributed by atoms with Crippen LogP contribution in [0.3, 0.4) is 0 Å². The lowest BCUT2D eigenvalue weighted by atomic mass is 10.1. The fraction of sp³-hybridized carbons (Fsp3) is 0.250. The second-order valence-electron chi connectivity index (χ2n) is 6.35. The zero-order chi connectivity index (χ0) is 18.6. The van der Waals surface area contributed by atoms with Gasteiger partial charge in [-0.3, -0.25) is 14.5 Å². The summed E-state index contributed by atoms with van der Waals surface area (Å²) in [4.78, 5) is 30.6. The van der Waals surface area contributed by atoms with E-state index >= 15 is 0 Å². The van der Waals surface area contributed by atoms with Crippen molar-refractivity contribution in [1.82, 2.24) is 15.2 Å². The maximum atomic E-state index is 12.3. The fourth-order valence-electron chi connectivity index (χ4n) is 3.09. The van der Waals surface area contributed by atoms with Crippen molar-refractivity contribution in [2.75, 3.05) is 13.1 Å². The Morgan fingerprint density at radius 1 is 1.00 bits per heavy atom. The van der Waals surface area contributed by atoms with E-state index < -0.39 is 0 Å². The van der Waals surface area contributed by atoms with E-state index in [2.05, 4.69) is 32.5 Å². The van der Waals surface area contributed by atoms with Gasteiger partial charge in [0.15, 0.2) is 0 Å². The van der Waals surface area contributed by atoms with E-state index in [-0.39, 0.29) is 11.8 Å². The van der Waals surface area contributed by atoms with Crippen LogP contribution in [0, 0.1) is 0 Å². The van der Waals surface area contributed by atoms with Crippen LogP contribution in [0.2, 0.25) is 0 Å². The Morgan fingerprint density at radius 2 is 1.78 bits per heavy atom. The number of carbonyl (C=O) groups excluding carboxylic acids is 2. The molecule has 1 N–H and O–H groups in total. The van der Waals surface area contributed by atoms with Gasteiger partial charge in [0, 0.05) is 29.4 Å². The summed E-state index contributed by atoms with van der Waals surface area (Å²) in [6.07, 6.45) is 1.69. The summed E-state index contributed by atoms with van der Waals surface area (Å²) in [5.41, 5.74) is 3.26. The van der Waals surface area contributed by atoms with Crippen molar-refractivity contribution < 1.29 is 9.59 Å². The van der Waals surface area contributed by atoms with E-state index in [0.29, 0.717) is 17.7 Å². The third-order valence-electron chi connectivity index (χ3n) is 4.49. The molecule has 4 rings (SSSR count). The number of imide groups is 1. The first-order valence-corrected chi connectivity index (χ1v) is 10.7. The second-order valence-corrected chi connectivity index (χ2v) is 7.99. The highest BCUT2D eigenvalue weighted by molar-refractivity contribution is 7.14. The van der Waals surface area contributed by atoms with Gasteiger partial charge in [-0.2, -0.15) is 11.3 Å². The molecule has 0 unspecified atom stereocenters. The topological polar surface area (TPSA) is 62.3 Å². The van der Waals surface area contributed by atoms with Gasteiger partial charge >= 0.3 is 0 Å². The molecule has 0 saturated heterocycles. The van der Waals surface area contributed by atoms with Crippen LogP contribution in [-0.2, 0) is 6.54 Å². The average Bonchev–Trinajstić information content (AvgIpc) is 3.41. The maximum absolute atomic E-state index is 12.3. The molecule has 138 valence electrons. The third-order valence-corrected chi connectivity index (χ3v) is 6.11. The van der Waals surface area contributed by atoms with E-state index in [0.717, 1.165) is 36.6 Å². The van der Waals surface area contributed by atoms with Crippen LogP contribution in [0.25, 0.3) is 10.6 Å². The van der Waals surface area contributed by atoms with E-state index in [1.54, 1.807) is 46.9 Å². The molecule has 0 spiro atoms. The average molecular weight is 398 g/mol. The smallest absolute Gasteiger partial charge is 0.261 e. The zero-order valence-electron chi connectivity index (χ0n) is 14.7. The molecule has 1 aliphatic rings. The maximum Gasteiger partial charge on any atom is 0.261 e. The molecule has 0 aliphatic carbocycles. The fourth-order valence-corrected chi connectivity index (χ4v) is 4.62. The number of carbonyl (C=O) groups is 2. The van der Waals surface area contributed by atoms with E-state index in [9.17, 15) is 9.59 Å². The number of benzene rings is 1. The van der Waals surface area contributed by atoms with Crippen LogP contribution in [0.1, 0.15) is 39.3 Å². The lowest BCUT2D eigenvalue weighted by Gasteiger charge is -2.13. The van der Waals surface area contributed by atoms with E-state index in [1.807, 2.05) is 0 Å². The lowest BCUT2D eigenvalue weighted by Crippen LogP contribution is -2.31. The van der Waals surface area contributed by atoms with Crippen molar-refractivity contribution in [1.29, 1.82) is 0 Å². The normalized spacial score (nSPS) is 13.4. The molecule has 3 heterocycles. The number of aromatic nitrogens is 1. The highest BCUT2D eigenvalue weighted by atomic mass is 32.1. The summed E-state index contributed by atoms with van der Waals surface area (Å²) in [6, 6.07) is 9.10. The van der Waals surface area contributed by atoms with Crippen molar-refractivity contribution in [2.24, 2.45) is 0 Å². The molecule has 0 saturated carbocycles. The minimum absolute atomic E-state index is 0.174. The second kappa shape index (κ2) is 8.12. The number of thiazole rings is 1. The summed E-state index contributed by atoms with van der Waals surface area (Å²) in [6.45, 7) is 2.02. The van der Waals surface area contributed by atoms with Gasteiger partial charge in [0.1, 0.15) is 5.01 Å². The Balaban J connectivity index is 1.18. The molecule has 7 heteroatoms. The first-order chi connectivity index (χ1) is 13.2. The minimum Gasteiger partial charge on any atom is -0.311 e. The number of nitrogens with zero attached hydrogens (tertiary/aromatic N) is 2. The highest BCUT2D eigenvalue weighted by Crippen LogP contribution is 2.25. The SMILES string of the molecule is O=C1c2ccccc2C(=O)N1CCCCNCc1csc(-c2ccsc2)n1. The number of nitrogens with one attached hydrogen (secondary N) is 1. The molecule has 1 aliphatic heterocycles. The number of fused-ring (bicyclic) bond motifs is 1. The van der Waals surface area contributed by atoms with E-state index in [1.165, 1.54) is 10.5 Å². The number of unbranched alkanes of at least 4 members (excludes halogenated alkanes) is 1. The molecule has 0 radical (unpaired) electrons. The third kappa shape index (κ3) is 3.85. The van der Waals surface area contributed by atoms with Crippen LogP contribution in [0.15, 0.2) is 46.5 Å². The van der Waals surface area contributed by atoms with Crippen LogP contribution in [-0.4, -0.2) is 34.8 Å². The molecule has 0 atom stereocenters. The zero-order valence-corrected chi connectivity index (χ0v) is 16.3. The summed E-state index contributed by atoms with van der Waals surface area (Å²) in [5, 5.41) is 10.7. The lowest BCUT2D eigenvalue weighted by molar-refractivity contribution is 0.0651. The largest absolute Gasteiger partial charge is 0.311 e. The quantitative estimate of drug-likeness (QED) is 0.460. The van der Waals surface area contributed by atoms with Crippen LogP contribution in [0.4, 0.5) is 0 Å². The van der Waals surface area contributed by atoms with Gasteiger partial charge in [-0.1, -0.05) is 12.1 Å². The first kappa shape index (κ1) is 18.0.